The third kappa shape index (κ3) is 4.91. The second kappa shape index (κ2) is 6.81. The summed E-state index contributed by atoms with van der Waals surface area (Å²) in [5.41, 5.74) is 0. The number of carbonyl (C=O) groups is 1. The number of amides is 2. The van der Waals surface area contributed by atoms with Crippen LogP contribution in [-0.2, 0) is 4.74 Å². The van der Waals surface area contributed by atoms with E-state index in [1.54, 1.807) is 19.1 Å². The molecular formula is C12H24N2O3. The molecule has 1 aliphatic rings. The number of aliphatic hydroxyl groups excluding tert-OH is 1. The number of hydrogen-bond acceptors (Lipinski definition) is 3. The number of urea groups is 1. The van der Waals surface area contributed by atoms with Crippen molar-refractivity contribution in [1.29, 1.82) is 0 Å². The minimum Gasteiger partial charge on any atom is -0.391 e. The molecule has 100 valence electrons. The molecule has 5 nitrogen and oxygen atoms in total. The monoisotopic (exact) mass is 244 g/mol. The van der Waals surface area contributed by atoms with Crippen LogP contribution in [0.15, 0.2) is 0 Å². The van der Waals surface area contributed by atoms with Gasteiger partial charge in [-0.05, 0) is 25.2 Å². The Morgan fingerprint density at radius 1 is 1.59 bits per heavy atom. The molecule has 2 N–H and O–H groups in total. The first-order chi connectivity index (χ1) is 8.08. The third-order valence-corrected chi connectivity index (χ3v) is 3.16. The van der Waals surface area contributed by atoms with Gasteiger partial charge in [0.1, 0.15) is 0 Å². The highest BCUT2D eigenvalue weighted by Gasteiger charge is 2.31. The minimum absolute atomic E-state index is 0.0352. The molecule has 0 saturated heterocycles. The van der Waals surface area contributed by atoms with Crippen LogP contribution in [0.25, 0.3) is 0 Å². The first-order valence-corrected chi connectivity index (χ1v) is 6.27. The number of nitrogens with one attached hydrogen (secondary N) is 1. The quantitative estimate of drug-likeness (QED) is 0.697. The predicted octanol–water partition coefficient (Wildman–Crippen LogP) is 0.824. The molecule has 2 unspecified atom stereocenters. The molecule has 1 fully saturated rings. The van der Waals surface area contributed by atoms with Gasteiger partial charge in [-0.15, -0.1) is 0 Å². The Bertz CT molecular complexity index is 244. The molecule has 0 aromatic heterocycles. The summed E-state index contributed by atoms with van der Waals surface area (Å²) in [6.45, 7) is 2.92. The van der Waals surface area contributed by atoms with E-state index in [1.807, 2.05) is 6.92 Å². The van der Waals surface area contributed by atoms with Crippen LogP contribution in [0, 0.1) is 5.92 Å². The van der Waals surface area contributed by atoms with Gasteiger partial charge in [0.05, 0.1) is 18.8 Å². The summed E-state index contributed by atoms with van der Waals surface area (Å²) in [6, 6.07) is -0.110. The number of carbonyl (C=O) groups excluding carboxylic acids is 1. The highest BCUT2D eigenvalue weighted by molar-refractivity contribution is 5.74. The van der Waals surface area contributed by atoms with Crippen molar-refractivity contribution in [3.05, 3.63) is 0 Å². The van der Waals surface area contributed by atoms with Gasteiger partial charge in [-0.3, -0.25) is 0 Å². The van der Waals surface area contributed by atoms with E-state index >= 15 is 0 Å². The highest BCUT2D eigenvalue weighted by atomic mass is 16.5. The van der Waals surface area contributed by atoms with Crippen LogP contribution in [-0.4, -0.2) is 55.5 Å². The van der Waals surface area contributed by atoms with Gasteiger partial charge in [0, 0.05) is 20.7 Å². The standard InChI is InChI=1S/C12H24N2O3/c1-4-10(8-17-3)13-12(16)14(2)7-11(15)9-5-6-9/h9-11,15H,4-8H2,1-3H3,(H,13,16). The van der Waals surface area contributed by atoms with E-state index in [1.165, 1.54) is 0 Å². The van der Waals surface area contributed by atoms with Crippen LogP contribution < -0.4 is 5.32 Å². The first-order valence-electron chi connectivity index (χ1n) is 6.27. The molecule has 0 aromatic carbocycles. The normalized spacial score (nSPS) is 18.6. The number of ether oxygens (including phenoxy) is 1. The van der Waals surface area contributed by atoms with E-state index in [0.29, 0.717) is 19.1 Å². The van der Waals surface area contributed by atoms with E-state index < -0.39 is 0 Å². The third-order valence-electron chi connectivity index (χ3n) is 3.16. The van der Waals surface area contributed by atoms with Gasteiger partial charge in [0.2, 0.25) is 0 Å². The summed E-state index contributed by atoms with van der Waals surface area (Å²) < 4.78 is 5.02. The fraction of sp³-hybridized carbons (Fsp3) is 0.917. The van der Waals surface area contributed by atoms with E-state index in [9.17, 15) is 9.90 Å². The Labute approximate surface area is 103 Å². The number of nitrogens with zero attached hydrogens (tertiary/aromatic N) is 1. The molecule has 0 radical (unpaired) electrons. The summed E-state index contributed by atoms with van der Waals surface area (Å²) in [5, 5.41) is 12.6. The van der Waals surface area contributed by atoms with Gasteiger partial charge >= 0.3 is 6.03 Å². The van der Waals surface area contributed by atoms with Gasteiger partial charge in [-0.2, -0.15) is 0 Å². The average molecular weight is 244 g/mol. The van der Waals surface area contributed by atoms with Crippen molar-refractivity contribution in [2.24, 2.45) is 5.92 Å². The molecule has 0 aliphatic heterocycles. The van der Waals surface area contributed by atoms with E-state index in [0.717, 1.165) is 19.3 Å². The number of hydrogen-bond donors (Lipinski definition) is 2. The predicted molar refractivity (Wildman–Crippen MR) is 65.8 cm³/mol. The Balaban J connectivity index is 2.29. The van der Waals surface area contributed by atoms with Crippen LogP contribution in [0.1, 0.15) is 26.2 Å². The molecule has 0 heterocycles. The Morgan fingerprint density at radius 2 is 2.24 bits per heavy atom. The Hall–Kier alpha value is -0.810. The van der Waals surface area contributed by atoms with Crippen molar-refractivity contribution in [3.63, 3.8) is 0 Å². The zero-order valence-corrected chi connectivity index (χ0v) is 11.0. The summed E-state index contributed by atoms with van der Waals surface area (Å²) in [5.74, 6) is 0.395. The summed E-state index contributed by atoms with van der Waals surface area (Å²) >= 11 is 0. The molecule has 0 aromatic rings. The van der Waals surface area contributed by atoms with Crippen molar-refractivity contribution in [2.45, 2.75) is 38.3 Å². The molecule has 1 saturated carbocycles. The van der Waals surface area contributed by atoms with Crippen molar-refractivity contribution < 1.29 is 14.6 Å². The maximum absolute atomic E-state index is 11.8. The lowest BCUT2D eigenvalue weighted by Gasteiger charge is -2.24. The van der Waals surface area contributed by atoms with E-state index in [-0.39, 0.29) is 18.2 Å². The average Bonchev–Trinajstić information content (AvgIpc) is 3.11. The Kier molecular flexibility index (Phi) is 5.71. The molecule has 2 amide bonds. The second-order valence-electron chi connectivity index (χ2n) is 4.80. The zero-order valence-electron chi connectivity index (χ0n) is 11.0. The van der Waals surface area contributed by atoms with Crippen LogP contribution in [0.4, 0.5) is 4.79 Å². The zero-order chi connectivity index (χ0) is 12.8. The molecular weight excluding hydrogens is 220 g/mol. The SMILES string of the molecule is CCC(COC)NC(=O)N(C)CC(O)C1CC1. The van der Waals surface area contributed by atoms with Gasteiger partial charge in [0.15, 0.2) is 0 Å². The van der Waals surface area contributed by atoms with E-state index in [2.05, 4.69) is 5.32 Å². The maximum atomic E-state index is 11.8. The molecule has 2 atom stereocenters. The molecule has 0 bridgehead atoms. The Morgan fingerprint density at radius 3 is 2.71 bits per heavy atom. The van der Waals surface area contributed by atoms with Crippen LogP contribution in [0.3, 0.4) is 0 Å². The number of likely N-dealkylation sites (N-methyl/N-ethyl adjacent to an activating group) is 1. The minimum atomic E-state index is -0.381. The highest BCUT2D eigenvalue weighted by Crippen LogP contribution is 2.32. The number of rotatable bonds is 7. The molecule has 1 rings (SSSR count). The van der Waals surface area contributed by atoms with Crippen molar-refractivity contribution >= 4 is 6.03 Å². The summed E-state index contributed by atoms with van der Waals surface area (Å²) in [7, 11) is 3.33. The molecule has 0 spiro atoms. The largest absolute Gasteiger partial charge is 0.391 e. The van der Waals surface area contributed by atoms with Gasteiger partial charge in [-0.25, -0.2) is 4.79 Å². The fourth-order valence-electron chi connectivity index (χ4n) is 1.74. The maximum Gasteiger partial charge on any atom is 0.317 e. The lowest BCUT2D eigenvalue weighted by molar-refractivity contribution is 0.109. The lowest BCUT2D eigenvalue weighted by Crippen LogP contribution is -2.47. The smallest absolute Gasteiger partial charge is 0.317 e. The van der Waals surface area contributed by atoms with Crippen LogP contribution >= 0.6 is 0 Å². The van der Waals surface area contributed by atoms with Crippen LogP contribution in [0.5, 0.6) is 0 Å². The van der Waals surface area contributed by atoms with Crippen molar-refractivity contribution in [1.82, 2.24) is 10.2 Å². The summed E-state index contributed by atoms with van der Waals surface area (Å²) in [4.78, 5) is 13.4. The number of methoxy groups -OCH3 is 1. The van der Waals surface area contributed by atoms with Crippen molar-refractivity contribution in [2.75, 3.05) is 27.3 Å². The number of aliphatic hydroxyl groups is 1. The molecule has 5 heteroatoms. The molecule has 1 aliphatic carbocycles. The first kappa shape index (κ1) is 14.3. The van der Waals surface area contributed by atoms with Crippen LogP contribution in [0.2, 0.25) is 0 Å². The molecule has 17 heavy (non-hydrogen) atoms. The van der Waals surface area contributed by atoms with Gasteiger partial charge < -0.3 is 20.1 Å². The fourth-order valence-corrected chi connectivity index (χ4v) is 1.74. The second-order valence-corrected chi connectivity index (χ2v) is 4.80. The lowest BCUT2D eigenvalue weighted by atomic mass is 10.2. The van der Waals surface area contributed by atoms with Gasteiger partial charge in [-0.1, -0.05) is 6.92 Å². The van der Waals surface area contributed by atoms with Gasteiger partial charge in [0.25, 0.3) is 0 Å². The van der Waals surface area contributed by atoms with Crippen molar-refractivity contribution in [3.8, 4) is 0 Å². The summed E-state index contributed by atoms with van der Waals surface area (Å²) in [6.07, 6.45) is 2.61. The topological polar surface area (TPSA) is 61.8 Å². The van der Waals surface area contributed by atoms with E-state index in [4.69, 9.17) is 4.74 Å².